The van der Waals surface area contributed by atoms with Gasteiger partial charge >= 0.3 is 0 Å². The van der Waals surface area contributed by atoms with Gasteiger partial charge in [0.15, 0.2) is 0 Å². The van der Waals surface area contributed by atoms with E-state index in [0.717, 1.165) is 5.82 Å². The topological polar surface area (TPSA) is 47.8 Å². The van der Waals surface area contributed by atoms with Crippen LogP contribution in [-0.2, 0) is 17.3 Å². The molecule has 0 radical (unpaired) electrons. The molecule has 1 heterocycles. The fourth-order valence-corrected chi connectivity index (χ4v) is 2.37. The zero-order valence-electron chi connectivity index (χ0n) is 8.65. The van der Waals surface area contributed by atoms with Gasteiger partial charge in [0.2, 0.25) is 5.28 Å². The normalized spacial score (nSPS) is 18.0. The first kappa shape index (κ1) is 11.1. The first-order valence-corrected chi connectivity index (χ1v) is 7.02. The molecule has 1 fully saturated rings. The van der Waals surface area contributed by atoms with E-state index in [1.807, 2.05) is 11.5 Å². The fourth-order valence-electron chi connectivity index (χ4n) is 1.48. The van der Waals surface area contributed by atoms with Crippen LogP contribution in [0, 0.1) is 0 Å². The van der Waals surface area contributed by atoms with Crippen LogP contribution in [-0.4, -0.2) is 30.5 Å². The predicted molar refractivity (Wildman–Crippen MR) is 60.6 cm³/mol. The molecule has 0 aliphatic heterocycles. The molecule has 4 nitrogen and oxygen atoms in total. The fraction of sp³-hybridized carbons (Fsp3) is 0.778. The van der Waals surface area contributed by atoms with Gasteiger partial charge in [0.1, 0.15) is 5.82 Å². The monoisotopic (exact) mass is 247 g/mol. The van der Waals surface area contributed by atoms with Crippen molar-refractivity contribution >= 4 is 22.4 Å². The Kier molecular flexibility index (Phi) is 3.41. The highest BCUT2D eigenvalue weighted by atomic mass is 35.5. The van der Waals surface area contributed by atoms with Gasteiger partial charge in [-0.25, -0.2) is 0 Å². The van der Waals surface area contributed by atoms with E-state index in [1.165, 1.54) is 12.8 Å². The van der Waals surface area contributed by atoms with E-state index in [2.05, 4.69) is 10.2 Å². The molecule has 0 aromatic carbocycles. The lowest BCUT2D eigenvalue weighted by Crippen LogP contribution is -2.11. The molecule has 84 valence electrons. The van der Waals surface area contributed by atoms with E-state index in [0.29, 0.717) is 29.3 Å². The van der Waals surface area contributed by atoms with Crippen molar-refractivity contribution in [2.75, 3.05) is 11.5 Å². The second-order valence-corrected chi connectivity index (χ2v) is 5.89. The van der Waals surface area contributed by atoms with Gasteiger partial charge in [-0.05, 0) is 24.4 Å². The predicted octanol–water partition coefficient (Wildman–Crippen LogP) is 1.58. The van der Waals surface area contributed by atoms with Crippen LogP contribution in [0.3, 0.4) is 0 Å². The van der Waals surface area contributed by atoms with Crippen LogP contribution in [0.15, 0.2) is 0 Å². The van der Waals surface area contributed by atoms with Crippen LogP contribution in [0.25, 0.3) is 0 Å². The van der Waals surface area contributed by atoms with Gasteiger partial charge in [-0.3, -0.25) is 4.21 Å². The van der Waals surface area contributed by atoms with Gasteiger partial charge in [0, 0.05) is 34.8 Å². The van der Waals surface area contributed by atoms with Crippen molar-refractivity contribution < 1.29 is 4.21 Å². The van der Waals surface area contributed by atoms with Gasteiger partial charge in [0.25, 0.3) is 0 Å². The van der Waals surface area contributed by atoms with E-state index in [-0.39, 0.29) is 0 Å². The van der Waals surface area contributed by atoms with Crippen molar-refractivity contribution in [3.05, 3.63) is 11.1 Å². The molecule has 0 bridgehead atoms. The maximum Gasteiger partial charge on any atom is 0.225 e. The van der Waals surface area contributed by atoms with E-state index < -0.39 is 10.8 Å². The minimum atomic E-state index is -0.756. The number of hydrogen-bond donors (Lipinski definition) is 0. The Morgan fingerprint density at radius 1 is 1.53 bits per heavy atom. The molecule has 1 aromatic heterocycles. The third-order valence-corrected chi connectivity index (χ3v) is 4.10. The standard InChI is InChI=1S/C9H14ClN3OS/c1-2-15(14)6-5-13-8(7-3-4-7)11-12-9(13)10/h7H,2-6H2,1H3. The van der Waals surface area contributed by atoms with Crippen LogP contribution in [0.4, 0.5) is 0 Å². The summed E-state index contributed by atoms with van der Waals surface area (Å²) < 4.78 is 13.2. The molecule has 0 saturated heterocycles. The summed E-state index contributed by atoms with van der Waals surface area (Å²) in [5, 5.41) is 8.35. The average molecular weight is 248 g/mol. The Morgan fingerprint density at radius 2 is 2.27 bits per heavy atom. The zero-order chi connectivity index (χ0) is 10.8. The highest BCUT2D eigenvalue weighted by Crippen LogP contribution is 2.39. The maximum atomic E-state index is 11.3. The Labute approximate surface area is 96.5 Å². The van der Waals surface area contributed by atoms with Crippen molar-refractivity contribution in [1.82, 2.24) is 14.8 Å². The third-order valence-electron chi connectivity index (χ3n) is 2.54. The van der Waals surface area contributed by atoms with E-state index >= 15 is 0 Å². The van der Waals surface area contributed by atoms with Gasteiger partial charge < -0.3 is 4.57 Å². The van der Waals surface area contributed by atoms with Crippen molar-refractivity contribution in [2.24, 2.45) is 0 Å². The molecule has 15 heavy (non-hydrogen) atoms. The molecule has 1 aliphatic rings. The summed E-state index contributed by atoms with van der Waals surface area (Å²) in [6.07, 6.45) is 2.35. The van der Waals surface area contributed by atoms with Crippen LogP contribution >= 0.6 is 11.6 Å². The van der Waals surface area contributed by atoms with E-state index in [1.54, 1.807) is 0 Å². The molecule has 1 saturated carbocycles. The summed E-state index contributed by atoms with van der Waals surface area (Å²) in [6, 6.07) is 0. The Hall–Kier alpha value is -0.420. The van der Waals surface area contributed by atoms with Crippen molar-refractivity contribution in [3.8, 4) is 0 Å². The molecular weight excluding hydrogens is 234 g/mol. The number of rotatable bonds is 5. The van der Waals surface area contributed by atoms with Gasteiger partial charge in [0.05, 0.1) is 0 Å². The summed E-state index contributed by atoms with van der Waals surface area (Å²) in [6.45, 7) is 2.59. The van der Waals surface area contributed by atoms with Gasteiger partial charge in [-0.2, -0.15) is 0 Å². The van der Waals surface area contributed by atoms with E-state index in [4.69, 9.17) is 11.6 Å². The Balaban J connectivity index is 2.05. The second-order valence-electron chi connectivity index (χ2n) is 3.69. The van der Waals surface area contributed by atoms with Gasteiger partial charge in [-0.1, -0.05) is 6.92 Å². The summed E-state index contributed by atoms with van der Waals surface area (Å²) in [4.78, 5) is 0. The lowest BCUT2D eigenvalue weighted by Gasteiger charge is -2.05. The molecule has 0 spiro atoms. The molecule has 6 heteroatoms. The largest absolute Gasteiger partial charge is 0.301 e. The molecular formula is C9H14ClN3OS. The summed E-state index contributed by atoms with van der Waals surface area (Å²) >= 11 is 5.93. The van der Waals surface area contributed by atoms with Crippen LogP contribution in [0.1, 0.15) is 31.5 Å². The van der Waals surface area contributed by atoms with Crippen molar-refractivity contribution in [3.63, 3.8) is 0 Å². The van der Waals surface area contributed by atoms with Crippen LogP contribution in [0.2, 0.25) is 5.28 Å². The lowest BCUT2D eigenvalue weighted by molar-refractivity contribution is 0.665. The smallest absolute Gasteiger partial charge is 0.225 e. The SMILES string of the molecule is CCS(=O)CCn1c(Cl)nnc1C1CC1. The average Bonchev–Trinajstić information content (AvgIpc) is 3.01. The zero-order valence-corrected chi connectivity index (χ0v) is 10.2. The lowest BCUT2D eigenvalue weighted by atomic mass is 10.4. The number of nitrogens with zero attached hydrogens (tertiary/aromatic N) is 3. The summed E-state index contributed by atoms with van der Waals surface area (Å²) in [7, 11) is -0.756. The quantitative estimate of drug-likeness (QED) is 0.794. The van der Waals surface area contributed by atoms with Crippen LogP contribution in [0.5, 0.6) is 0 Å². The van der Waals surface area contributed by atoms with Crippen molar-refractivity contribution in [2.45, 2.75) is 32.2 Å². The first-order valence-electron chi connectivity index (χ1n) is 5.16. The van der Waals surface area contributed by atoms with Crippen LogP contribution < -0.4 is 0 Å². The number of hydrogen-bond acceptors (Lipinski definition) is 3. The summed E-state index contributed by atoms with van der Waals surface area (Å²) in [5.74, 6) is 2.82. The number of halogens is 1. The third kappa shape index (κ3) is 2.58. The molecule has 1 atom stereocenters. The summed E-state index contributed by atoms with van der Waals surface area (Å²) in [5.41, 5.74) is 0. The van der Waals surface area contributed by atoms with Gasteiger partial charge in [-0.15, -0.1) is 10.2 Å². The molecule has 2 rings (SSSR count). The van der Waals surface area contributed by atoms with E-state index in [9.17, 15) is 4.21 Å². The molecule has 1 aliphatic carbocycles. The minimum absolute atomic E-state index is 0.421. The van der Waals surface area contributed by atoms with Crippen molar-refractivity contribution in [1.29, 1.82) is 0 Å². The number of aromatic nitrogens is 3. The molecule has 1 unspecified atom stereocenters. The molecule has 0 N–H and O–H groups in total. The first-order chi connectivity index (χ1) is 7.22. The molecule has 1 aromatic rings. The molecule has 0 amide bonds. The highest BCUT2D eigenvalue weighted by molar-refractivity contribution is 7.84. The Bertz CT molecular complexity index is 375. The Morgan fingerprint density at radius 3 is 2.87 bits per heavy atom. The second kappa shape index (κ2) is 4.61. The minimum Gasteiger partial charge on any atom is -0.301 e. The highest BCUT2D eigenvalue weighted by Gasteiger charge is 2.29. The maximum absolute atomic E-state index is 11.3.